The number of hydrogen-bond acceptors (Lipinski definition) is 14. The zero-order chi connectivity index (χ0) is 80.8. The Kier molecular flexibility index (Phi) is 81.8. The number of aliphatic hydroxyl groups is 2. The Labute approximate surface area is 677 Å². The van der Waals surface area contributed by atoms with Crippen LogP contribution in [0.3, 0.4) is 0 Å². The van der Waals surface area contributed by atoms with Gasteiger partial charge in [-0.15, -0.1) is 0 Å². The molecule has 0 spiro atoms. The molecule has 18 heteroatoms. The zero-order valence-electron chi connectivity index (χ0n) is 70.4. The Morgan fingerprint density at radius 1 is 0.261 bits per heavy atom. The van der Waals surface area contributed by atoms with Crippen LogP contribution in [0.25, 0.3) is 0 Å². The number of carbonyl (C=O) groups is 3. The molecule has 5 unspecified atom stereocenters. The molecule has 0 radical (unpaired) electrons. The van der Waals surface area contributed by atoms with Crippen molar-refractivity contribution in [1.82, 2.24) is 0 Å². The van der Waals surface area contributed by atoms with Crippen LogP contribution < -0.4 is 0 Å². The highest BCUT2D eigenvalue weighted by Crippen LogP contribution is 2.45. The summed E-state index contributed by atoms with van der Waals surface area (Å²) in [6, 6.07) is 0. The van der Waals surface area contributed by atoms with Crippen LogP contribution in [0.15, 0.2) is 134 Å². The predicted molar refractivity (Wildman–Crippen MR) is 463 cm³/mol. The number of phosphoric acid groups is 2. The highest BCUT2D eigenvalue weighted by atomic mass is 31.2. The van der Waals surface area contributed by atoms with E-state index in [1.165, 1.54) is 161 Å². The topological polar surface area (TPSA) is 231 Å². The molecule has 0 aromatic carbocycles. The first kappa shape index (κ1) is 107. The lowest BCUT2D eigenvalue weighted by atomic mass is 10.0. The molecule has 0 aliphatic heterocycles. The molecule has 0 aliphatic rings. The number of carbonyl (C=O) groups excluding carboxylic acids is 3. The van der Waals surface area contributed by atoms with Crippen molar-refractivity contribution in [2.24, 2.45) is 0 Å². The van der Waals surface area contributed by atoms with Crippen molar-refractivity contribution in [3.63, 3.8) is 0 Å². The molecule has 16 nitrogen and oxygen atoms in total. The van der Waals surface area contributed by atoms with Gasteiger partial charge < -0.3 is 34.2 Å². The minimum Gasteiger partial charge on any atom is -0.463 e. The van der Waals surface area contributed by atoms with Crippen molar-refractivity contribution < 1.29 is 75.8 Å². The van der Waals surface area contributed by atoms with E-state index in [0.29, 0.717) is 19.3 Å². The fourth-order valence-electron chi connectivity index (χ4n) is 12.1. The fourth-order valence-corrected chi connectivity index (χ4v) is 13.7. The summed E-state index contributed by atoms with van der Waals surface area (Å²) in [6.07, 6.45) is 105. The summed E-state index contributed by atoms with van der Waals surface area (Å²) in [6.45, 7) is 2.55. The van der Waals surface area contributed by atoms with Gasteiger partial charge in [0, 0.05) is 19.3 Å². The Bertz CT molecular complexity index is 2550. The lowest BCUT2D eigenvalue weighted by Gasteiger charge is -2.21. The highest BCUT2D eigenvalue weighted by Gasteiger charge is 2.29. The SMILES string of the molecule is CC/C=C\C/C=C\C/C=C\CCCCCCCCCC(=O)OC(COC(=O)CCCCCCCCCCCCCCC/C=C\C/C=C\C/C=C\C/C=C\CCCCC)COP(=O)(O)OCC(O)COP(=O)(O)OCC(O)COC(=O)CCCCCCCCCCCCCCC/C=C\C/C=C\C/C=C\C/C=C\CCCCC. The van der Waals surface area contributed by atoms with E-state index >= 15 is 0 Å². The van der Waals surface area contributed by atoms with Crippen LogP contribution >= 0.6 is 15.6 Å². The third-order valence-corrected chi connectivity index (χ3v) is 20.7. The smallest absolute Gasteiger partial charge is 0.463 e. The monoisotopic (exact) mass is 1600 g/mol. The largest absolute Gasteiger partial charge is 0.472 e. The van der Waals surface area contributed by atoms with E-state index in [0.717, 1.165) is 161 Å². The quantitative estimate of drug-likeness (QED) is 0.0146. The van der Waals surface area contributed by atoms with Crippen molar-refractivity contribution in [3.8, 4) is 0 Å². The number of hydrogen-bond donors (Lipinski definition) is 4. The van der Waals surface area contributed by atoms with Crippen LogP contribution in [0.5, 0.6) is 0 Å². The van der Waals surface area contributed by atoms with Gasteiger partial charge in [-0.05, 0) is 141 Å². The average molecular weight is 1600 g/mol. The predicted octanol–water partition coefficient (Wildman–Crippen LogP) is 27.0. The number of allylic oxidation sites excluding steroid dienone is 22. The summed E-state index contributed by atoms with van der Waals surface area (Å²) in [5.74, 6) is -1.58. The molecule has 0 rings (SSSR count). The maximum Gasteiger partial charge on any atom is 0.472 e. The maximum atomic E-state index is 13.0. The molecule has 640 valence electrons. The molecule has 0 amide bonds. The van der Waals surface area contributed by atoms with Crippen LogP contribution in [0, 0.1) is 0 Å². The van der Waals surface area contributed by atoms with E-state index < -0.39 is 91.5 Å². The van der Waals surface area contributed by atoms with Crippen LogP contribution in [-0.2, 0) is 55.8 Å². The molecule has 4 N–H and O–H groups in total. The van der Waals surface area contributed by atoms with Gasteiger partial charge in [-0.1, -0.05) is 353 Å². The summed E-state index contributed by atoms with van der Waals surface area (Å²) in [5, 5.41) is 20.7. The van der Waals surface area contributed by atoms with Gasteiger partial charge in [-0.2, -0.15) is 0 Å². The number of aliphatic hydroxyl groups excluding tert-OH is 2. The Balaban J connectivity index is 4.55. The molecule has 0 fully saturated rings. The van der Waals surface area contributed by atoms with E-state index in [-0.39, 0.29) is 19.3 Å². The maximum absolute atomic E-state index is 13.0. The van der Waals surface area contributed by atoms with E-state index in [1.54, 1.807) is 0 Å². The molecular formula is C93H162O16P2. The third-order valence-electron chi connectivity index (χ3n) is 18.8. The van der Waals surface area contributed by atoms with Crippen LogP contribution in [-0.4, -0.2) is 95.9 Å². The first-order chi connectivity index (χ1) is 54.2. The fraction of sp³-hybridized carbons (Fsp3) is 0.731. The van der Waals surface area contributed by atoms with Crippen molar-refractivity contribution in [2.75, 3.05) is 39.6 Å². The second-order valence-corrected chi connectivity index (χ2v) is 32.6. The van der Waals surface area contributed by atoms with E-state index in [1.807, 2.05) is 0 Å². The van der Waals surface area contributed by atoms with Crippen LogP contribution in [0.4, 0.5) is 0 Å². The molecule has 0 saturated carbocycles. The highest BCUT2D eigenvalue weighted by molar-refractivity contribution is 7.47. The summed E-state index contributed by atoms with van der Waals surface area (Å²) in [5.41, 5.74) is 0. The zero-order valence-corrected chi connectivity index (χ0v) is 72.1. The van der Waals surface area contributed by atoms with Crippen molar-refractivity contribution in [2.45, 2.75) is 399 Å². The standard InChI is InChI=1S/C93H162O16P2/c1-4-7-10-13-16-19-22-25-28-31-33-35-37-39-41-43-45-47-49-51-53-56-58-61-64-67-70-73-76-79-91(96)103-82-88(94)83-105-110(99,100)106-84-89(95)85-107-111(101,102)108-87-90(109-93(98)81-78-75-72-69-66-63-60-55-30-27-24-21-18-15-12-9-6-3)86-104-92(97)80-77-74-71-68-65-62-59-57-54-52-50-48-46-44-42-40-38-36-34-32-29-26-23-20-17-14-11-8-5-2/h9,12,16-21,25-30,33-36,39-42,88-90,94-95H,4-8,10-11,13-15,22-24,31-32,37-38,43-87H2,1-3H3,(H,99,100)(H,101,102)/b12-9-,19-16-,20-17-,21-18-,28-25-,29-26-,30-27-,35-33-,36-34-,41-39-,42-40-. The van der Waals surface area contributed by atoms with Crippen LogP contribution in [0.2, 0.25) is 0 Å². The second-order valence-electron chi connectivity index (χ2n) is 29.7. The molecule has 0 aliphatic carbocycles. The van der Waals surface area contributed by atoms with E-state index in [4.69, 9.17) is 32.3 Å². The van der Waals surface area contributed by atoms with Gasteiger partial charge in [-0.3, -0.25) is 32.5 Å². The van der Waals surface area contributed by atoms with Crippen molar-refractivity contribution >= 4 is 33.6 Å². The van der Waals surface area contributed by atoms with E-state index in [9.17, 15) is 43.5 Å². The summed E-state index contributed by atoms with van der Waals surface area (Å²) in [4.78, 5) is 58.9. The first-order valence-corrected chi connectivity index (χ1v) is 47.5. The molecular weight excluding hydrogens is 1430 g/mol. The Morgan fingerprint density at radius 3 is 0.757 bits per heavy atom. The van der Waals surface area contributed by atoms with Crippen molar-refractivity contribution in [3.05, 3.63) is 134 Å². The summed E-state index contributed by atoms with van der Waals surface area (Å²) >= 11 is 0. The lowest BCUT2D eigenvalue weighted by Crippen LogP contribution is -2.30. The van der Waals surface area contributed by atoms with E-state index in [2.05, 4.69) is 154 Å². The van der Waals surface area contributed by atoms with Crippen molar-refractivity contribution in [1.29, 1.82) is 0 Å². The molecule has 0 saturated heterocycles. The minimum atomic E-state index is -4.94. The number of rotatable bonds is 84. The number of unbranched alkanes of at least 4 members (excludes halogenated alkanes) is 39. The molecule has 0 aromatic rings. The Morgan fingerprint density at radius 2 is 0.477 bits per heavy atom. The minimum absolute atomic E-state index is 0.0917. The molecule has 0 aromatic heterocycles. The van der Waals surface area contributed by atoms with Gasteiger partial charge in [0.05, 0.1) is 26.4 Å². The molecule has 111 heavy (non-hydrogen) atoms. The second kappa shape index (κ2) is 85.1. The van der Waals surface area contributed by atoms with Gasteiger partial charge in [0.2, 0.25) is 0 Å². The Hall–Kier alpha value is -4.31. The van der Waals surface area contributed by atoms with Gasteiger partial charge >= 0.3 is 33.6 Å². The average Bonchev–Trinajstić information content (AvgIpc) is 0.877. The molecule has 0 bridgehead atoms. The van der Waals surface area contributed by atoms with Crippen LogP contribution in [0.1, 0.15) is 380 Å². The van der Waals surface area contributed by atoms with Gasteiger partial charge in [0.25, 0.3) is 0 Å². The summed E-state index contributed by atoms with van der Waals surface area (Å²) in [7, 11) is -9.80. The summed E-state index contributed by atoms with van der Waals surface area (Å²) < 4.78 is 61.4. The normalized spacial score (nSPS) is 14.5. The number of ether oxygens (including phenoxy) is 3. The first-order valence-electron chi connectivity index (χ1n) is 44.5. The van der Waals surface area contributed by atoms with Gasteiger partial charge in [0.1, 0.15) is 25.4 Å². The third kappa shape index (κ3) is 86.4. The van der Waals surface area contributed by atoms with Gasteiger partial charge in [0.15, 0.2) is 6.10 Å². The number of esters is 3. The van der Waals surface area contributed by atoms with Gasteiger partial charge in [-0.25, -0.2) is 9.13 Å². The number of phosphoric ester groups is 2. The molecule has 0 heterocycles. The molecule has 5 atom stereocenters. The lowest BCUT2D eigenvalue weighted by molar-refractivity contribution is -0.161.